The minimum Gasteiger partial charge on any atom is -0.444 e. The summed E-state index contributed by atoms with van der Waals surface area (Å²) in [5.74, 6) is 0.519. The number of pyridine rings is 1. The number of aryl methyl sites for hydroxylation is 1. The number of hydrogen-bond acceptors (Lipinski definition) is 4. The lowest BCUT2D eigenvalue weighted by Gasteiger charge is -2.33. The van der Waals surface area contributed by atoms with Crippen LogP contribution in [0.25, 0.3) is 0 Å². The van der Waals surface area contributed by atoms with Gasteiger partial charge in [-0.2, -0.15) is 0 Å². The molecule has 2 heterocycles. The molecule has 1 aliphatic rings. The van der Waals surface area contributed by atoms with Gasteiger partial charge in [0.15, 0.2) is 5.15 Å². The van der Waals surface area contributed by atoms with Crippen molar-refractivity contribution in [2.75, 3.05) is 25.0 Å². The van der Waals surface area contributed by atoms with E-state index >= 15 is 0 Å². The van der Waals surface area contributed by atoms with Crippen LogP contribution >= 0.6 is 11.6 Å². The van der Waals surface area contributed by atoms with Crippen LogP contribution in [0.1, 0.15) is 39.2 Å². The van der Waals surface area contributed by atoms with Crippen molar-refractivity contribution in [1.29, 1.82) is 0 Å². The van der Waals surface area contributed by atoms with E-state index in [4.69, 9.17) is 16.3 Å². The second-order valence-corrected chi connectivity index (χ2v) is 7.50. The average Bonchev–Trinajstić information content (AvgIpc) is 2.47. The first-order valence-corrected chi connectivity index (χ1v) is 8.46. The van der Waals surface area contributed by atoms with Crippen LogP contribution in [0.3, 0.4) is 0 Å². The molecule has 1 amide bonds. The van der Waals surface area contributed by atoms with Crippen molar-refractivity contribution in [2.24, 2.45) is 5.92 Å². The number of halogens is 1. The van der Waals surface area contributed by atoms with Gasteiger partial charge in [-0.3, -0.25) is 0 Å². The quantitative estimate of drug-likeness (QED) is 0.842. The van der Waals surface area contributed by atoms with Gasteiger partial charge in [-0.1, -0.05) is 11.6 Å². The van der Waals surface area contributed by atoms with E-state index in [1.54, 1.807) is 11.1 Å². The van der Waals surface area contributed by atoms with E-state index in [9.17, 15) is 4.79 Å². The number of nitrogens with zero attached hydrogens (tertiary/aromatic N) is 2. The summed E-state index contributed by atoms with van der Waals surface area (Å²) in [6, 6.07) is 2.01. The molecule has 1 saturated heterocycles. The number of rotatable bonds is 3. The molecule has 0 saturated carbocycles. The van der Waals surface area contributed by atoms with Gasteiger partial charge in [-0.15, -0.1) is 0 Å². The van der Waals surface area contributed by atoms with Crippen LogP contribution in [0.15, 0.2) is 12.3 Å². The van der Waals surface area contributed by atoms with E-state index in [2.05, 4.69) is 10.3 Å². The van der Waals surface area contributed by atoms with Gasteiger partial charge in [0.25, 0.3) is 0 Å². The number of aromatic nitrogens is 1. The van der Waals surface area contributed by atoms with E-state index < -0.39 is 5.60 Å². The number of piperidine rings is 1. The summed E-state index contributed by atoms with van der Waals surface area (Å²) in [7, 11) is 0. The zero-order chi connectivity index (χ0) is 17.0. The van der Waals surface area contributed by atoms with Crippen molar-refractivity contribution in [3.63, 3.8) is 0 Å². The molecular formula is C17H26ClN3O2. The molecule has 0 radical (unpaired) electrons. The molecule has 128 valence electrons. The zero-order valence-corrected chi connectivity index (χ0v) is 15.1. The van der Waals surface area contributed by atoms with Crippen LogP contribution < -0.4 is 5.32 Å². The molecular weight excluding hydrogens is 314 g/mol. The van der Waals surface area contributed by atoms with Crippen LogP contribution in [-0.4, -0.2) is 41.2 Å². The molecule has 1 N–H and O–H groups in total. The fourth-order valence-corrected chi connectivity index (χ4v) is 2.75. The molecule has 1 fully saturated rings. The Morgan fingerprint density at radius 1 is 1.43 bits per heavy atom. The summed E-state index contributed by atoms with van der Waals surface area (Å²) < 4.78 is 5.42. The molecule has 1 aromatic rings. The Bertz CT molecular complexity index is 549. The second kappa shape index (κ2) is 7.39. The SMILES string of the molecule is Cc1cnc(Cl)c(NCC2CCN(C(=O)OC(C)(C)C)CC2)c1. The second-order valence-electron chi connectivity index (χ2n) is 7.14. The van der Waals surface area contributed by atoms with Gasteiger partial charge in [0, 0.05) is 25.8 Å². The maximum absolute atomic E-state index is 12.0. The highest BCUT2D eigenvalue weighted by molar-refractivity contribution is 6.31. The third-order valence-corrected chi connectivity index (χ3v) is 4.12. The van der Waals surface area contributed by atoms with E-state index in [-0.39, 0.29) is 6.09 Å². The van der Waals surface area contributed by atoms with Crippen molar-refractivity contribution in [3.8, 4) is 0 Å². The Morgan fingerprint density at radius 3 is 2.70 bits per heavy atom. The lowest BCUT2D eigenvalue weighted by atomic mass is 9.97. The third kappa shape index (κ3) is 5.57. The predicted molar refractivity (Wildman–Crippen MR) is 93.0 cm³/mol. The topological polar surface area (TPSA) is 54.5 Å². The minimum atomic E-state index is -0.440. The van der Waals surface area contributed by atoms with Crippen LogP contribution in [0.4, 0.5) is 10.5 Å². The maximum Gasteiger partial charge on any atom is 0.410 e. The number of ether oxygens (including phenoxy) is 1. The van der Waals surface area contributed by atoms with Gasteiger partial charge in [-0.25, -0.2) is 9.78 Å². The molecule has 5 nitrogen and oxygen atoms in total. The van der Waals surface area contributed by atoms with E-state index in [0.29, 0.717) is 11.1 Å². The summed E-state index contributed by atoms with van der Waals surface area (Å²) in [5.41, 5.74) is 1.52. The van der Waals surface area contributed by atoms with Gasteiger partial charge >= 0.3 is 6.09 Å². The summed E-state index contributed by atoms with van der Waals surface area (Å²) in [6.07, 6.45) is 3.47. The van der Waals surface area contributed by atoms with E-state index in [1.807, 2.05) is 33.8 Å². The lowest BCUT2D eigenvalue weighted by Crippen LogP contribution is -2.42. The zero-order valence-electron chi connectivity index (χ0n) is 14.4. The van der Waals surface area contributed by atoms with Crippen molar-refractivity contribution in [2.45, 2.75) is 46.1 Å². The molecule has 0 spiro atoms. The van der Waals surface area contributed by atoms with Crippen LogP contribution in [0.2, 0.25) is 5.15 Å². The highest BCUT2D eigenvalue weighted by atomic mass is 35.5. The largest absolute Gasteiger partial charge is 0.444 e. The van der Waals surface area contributed by atoms with Crippen molar-refractivity contribution in [3.05, 3.63) is 23.0 Å². The molecule has 2 rings (SSSR count). The summed E-state index contributed by atoms with van der Waals surface area (Å²) in [4.78, 5) is 18.0. The minimum absolute atomic E-state index is 0.213. The lowest BCUT2D eigenvalue weighted by molar-refractivity contribution is 0.0188. The Hall–Kier alpha value is -1.49. The number of amides is 1. The van der Waals surface area contributed by atoms with Gasteiger partial charge in [-0.05, 0) is 58.1 Å². The molecule has 1 aromatic heterocycles. The average molecular weight is 340 g/mol. The fourth-order valence-electron chi connectivity index (χ4n) is 2.58. The molecule has 0 aromatic carbocycles. The van der Waals surface area contributed by atoms with Crippen LogP contribution in [0.5, 0.6) is 0 Å². The monoisotopic (exact) mass is 339 g/mol. The number of hydrogen-bond donors (Lipinski definition) is 1. The van der Waals surface area contributed by atoms with Gasteiger partial charge in [0.05, 0.1) is 5.69 Å². The molecule has 23 heavy (non-hydrogen) atoms. The number of carbonyl (C=O) groups excluding carboxylic acids is 1. The third-order valence-electron chi connectivity index (χ3n) is 3.82. The summed E-state index contributed by atoms with van der Waals surface area (Å²) in [5, 5.41) is 3.88. The number of anilines is 1. The van der Waals surface area contributed by atoms with E-state index in [1.165, 1.54) is 0 Å². The fraction of sp³-hybridized carbons (Fsp3) is 0.647. The Kier molecular flexibility index (Phi) is 5.74. The standard InChI is InChI=1S/C17H26ClN3O2/c1-12-9-14(15(18)20-10-12)19-11-13-5-7-21(8-6-13)16(22)23-17(2,3)4/h9-10,13,19H,5-8,11H2,1-4H3. The first-order chi connectivity index (χ1) is 10.7. The summed E-state index contributed by atoms with van der Waals surface area (Å²) >= 11 is 6.10. The van der Waals surface area contributed by atoms with Gasteiger partial charge in [0.1, 0.15) is 5.60 Å². The van der Waals surface area contributed by atoms with Gasteiger partial charge < -0.3 is 15.0 Å². The highest BCUT2D eigenvalue weighted by Gasteiger charge is 2.26. The normalized spacial score (nSPS) is 16.3. The number of likely N-dealkylation sites (tertiary alicyclic amines) is 1. The van der Waals surface area contributed by atoms with E-state index in [0.717, 1.165) is 43.7 Å². The maximum atomic E-state index is 12.0. The summed E-state index contributed by atoms with van der Waals surface area (Å²) in [6.45, 7) is 9.98. The Balaban J connectivity index is 1.79. The van der Waals surface area contributed by atoms with Gasteiger partial charge in [0.2, 0.25) is 0 Å². The molecule has 0 aliphatic carbocycles. The molecule has 0 bridgehead atoms. The number of carbonyl (C=O) groups is 1. The predicted octanol–water partition coefficient (Wildman–Crippen LogP) is 4.10. The molecule has 0 atom stereocenters. The first-order valence-electron chi connectivity index (χ1n) is 8.08. The number of nitrogens with one attached hydrogen (secondary N) is 1. The smallest absolute Gasteiger partial charge is 0.410 e. The van der Waals surface area contributed by atoms with Crippen molar-refractivity contribution >= 4 is 23.4 Å². The van der Waals surface area contributed by atoms with Crippen molar-refractivity contribution < 1.29 is 9.53 Å². The molecule has 6 heteroatoms. The Morgan fingerprint density at radius 2 is 2.09 bits per heavy atom. The molecule has 0 unspecified atom stereocenters. The van der Waals surface area contributed by atoms with Crippen LogP contribution in [0, 0.1) is 12.8 Å². The highest BCUT2D eigenvalue weighted by Crippen LogP contribution is 2.23. The van der Waals surface area contributed by atoms with Crippen molar-refractivity contribution in [1.82, 2.24) is 9.88 Å². The van der Waals surface area contributed by atoms with Crippen LogP contribution in [-0.2, 0) is 4.74 Å². The first kappa shape index (κ1) is 17.9. The molecule has 1 aliphatic heterocycles. The Labute approximate surface area is 143 Å².